The molecule has 2 aliphatic heterocycles. The van der Waals surface area contributed by atoms with Crippen molar-refractivity contribution in [2.45, 2.75) is 44.1 Å². The molecule has 0 unspecified atom stereocenters. The van der Waals surface area contributed by atoms with Gasteiger partial charge in [0, 0.05) is 44.7 Å². The van der Waals surface area contributed by atoms with E-state index < -0.39 is 0 Å². The van der Waals surface area contributed by atoms with Crippen LogP contribution in [-0.2, 0) is 16.1 Å². The number of hydrogen-bond acceptors (Lipinski definition) is 8. The zero-order valence-electron chi connectivity index (χ0n) is 19.6. The van der Waals surface area contributed by atoms with E-state index in [4.69, 9.17) is 14.5 Å². The van der Waals surface area contributed by atoms with Crippen LogP contribution < -0.4 is 20.9 Å². The summed E-state index contributed by atoms with van der Waals surface area (Å²) in [6.07, 6.45) is 3.32. The molecule has 10 heteroatoms. The largest absolute Gasteiger partial charge is 0.386 e. The second-order valence-electron chi connectivity index (χ2n) is 9.60. The fourth-order valence-corrected chi connectivity index (χ4v) is 4.89. The molecule has 178 valence electrons. The SMILES string of the molecule is CNc1cc2nc3c1ncn3C(=O)N[C@@H]1CC[C@H]1OCc1cc(cc(N3CC(C)(OC)C3)c1)N2. The van der Waals surface area contributed by atoms with Crippen LogP contribution in [-0.4, -0.2) is 65.6 Å². The lowest BCUT2D eigenvalue weighted by Gasteiger charge is -2.48. The van der Waals surface area contributed by atoms with E-state index in [1.54, 1.807) is 7.11 Å². The number of hydrogen-bond donors (Lipinski definition) is 3. The van der Waals surface area contributed by atoms with Crippen molar-refractivity contribution in [3.63, 3.8) is 0 Å². The molecular formula is C24H29N7O3. The summed E-state index contributed by atoms with van der Waals surface area (Å²) in [6.45, 7) is 4.26. The summed E-state index contributed by atoms with van der Waals surface area (Å²) in [7, 11) is 3.60. The van der Waals surface area contributed by atoms with Crippen molar-refractivity contribution in [1.29, 1.82) is 0 Å². The smallest absolute Gasteiger partial charge is 0.328 e. The highest BCUT2D eigenvalue weighted by molar-refractivity contribution is 5.94. The van der Waals surface area contributed by atoms with Gasteiger partial charge in [0.05, 0.1) is 30.0 Å². The number of methoxy groups -OCH3 is 1. The van der Waals surface area contributed by atoms with Gasteiger partial charge < -0.3 is 30.3 Å². The highest BCUT2D eigenvalue weighted by Gasteiger charge is 2.39. The van der Waals surface area contributed by atoms with Gasteiger partial charge in [-0.05, 0) is 43.5 Å². The van der Waals surface area contributed by atoms with Gasteiger partial charge in [0.1, 0.15) is 17.7 Å². The van der Waals surface area contributed by atoms with E-state index in [9.17, 15) is 4.79 Å². The number of amides is 1. The van der Waals surface area contributed by atoms with Crippen molar-refractivity contribution in [2.24, 2.45) is 0 Å². The second kappa shape index (κ2) is 7.85. The van der Waals surface area contributed by atoms with Crippen molar-refractivity contribution in [3.8, 4) is 0 Å². The predicted octanol–water partition coefficient (Wildman–Crippen LogP) is 3.06. The number of ether oxygens (including phenoxy) is 2. The maximum absolute atomic E-state index is 13.0. The monoisotopic (exact) mass is 463 g/mol. The van der Waals surface area contributed by atoms with Crippen LogP contribution in [0.3, 0.4) is 0 Å². The number of pyridine rings is 1. The number of benzene rings is 1. The number of aromatic nitrogens is 3. The fraction of sp³-hybridized carbons (Fsp3) is 0.458. The molecule has 2 fully saturated rings. The molecule has 10 nitrogen and oxygen atoms in total. The quantitative estimate of drug-likeness (QED) is 0.544. The van der Waals surface area contributed by atoms with Gasteiger partial charge in [-0.2, -0.15) is 0 Å². The Morgan fingerprint density at radius 3 is 2.82 bits per heavy atom. The average molecular weight is 464 g/mol. The van der Waals surface area contributed by atoms with Gasteiger partial charge in [-0.15, -0.1) is 0 Å². The third kappa shape index (κ3) is 3.54. The van der Waals surface area contributed by atoms with Crippen LogP contribution in [0.15, 0.2) is 30.6 Å². The summed E-state index contributed by atoms with van der Waals surface area (Å²) in [5.74, 6) is 0.624. The minimum atomic E-state index is -0.246. The van der Waals surface area contributed by atoms with Crippen LogP contribution in [0.5, 0.6) is 0 Å². The Hall–Kier alpha value is -3.37. The van der Waals surface area contributed by atoms with Crippen molar-refractivity contribution in [3.05, 3.63) is 36.2 Å². The van der Waals surface area contributed by atoms with Crippen molar-refractivity contribution >= 4 is 40.1 Å². The van der Waals surface area contributed by atoms with Crippen LogP contribution in [0.2, 0.25) is 0 Å². The molecule has 2 atom stereocenters. The first-order chi connectivity index (χ1) is 16.4. The first-order valence-electron chi connectivity index (χ1n) is 11.6. The highest BCUT2D eigenvalue weighted by Crippen LogP contribution is 2.35. The van der Waals surface area contributed by atoms with Crippen LogP contribution in [0.1, 0.15) is 25.3 Å². The van der Waals surface area contributed by atoms with E-state index in [0.717, 1.165) is 48.6 Å². The normalized spacial score (nSPS) is 23.3. The molecule has 1 aliphatic carbocycles. The molecule has 0 radical (unpaired) electrons. The number of carbonyl (C=O) groups excluding carboxylic acids is 1. The Morgan fingerprint density at radius 1 is 1.24 bits per heavy atom. The molecule has 1 amide bonds. The Labute approximate surface area is 197 Å². The third-order valence-corrected chi connectivity index (χ3v) is 7.14. The van der Waals surface area contributed by atoms with E-state index in [0.29, 0.717) is 23.6 Å². The Kier molecular flexibility index (Phi) is 4.89. The zero-order chi connectivity index (χ0) is 23.4. The fourth-order valence-electron chi connectivity index (χ4n) is 4.89. The van der Waals surface area contributed by atoms with Gasteiger partial charge in [-0.3, -0.25) is 0 Å². The molecule has 3 aliphatic rings. The van der Waals surface area contributed by atoms with Gasteiger partial charge in [-0.1, -0.05) is 0 Å². The third-order valence-electron chi connectivity index (χ3n) is 7.14. The lowest BCUT2D eigenvalue weighted by Crippen LogP contribution is -2.61. The molecular weight excluding hydrogens is 434 g/mol. The van der Waals surface area contributed by atoms with E-state index >= 15 is 0 Å². The number of nitrogens with zero attached hydrogens (tertiary/aromatic N) is 4. The lowest BCUT2D eigenvalue weighted by atomic mass is 9.89. The van der Waals surface area contributed by atoms with E-state index in [-0.39, 0.29) is 23.8 Å². The maximum atomic E-state index is 13.0. The molecule has 1 saturated heterocycles. The molecule has 1 saturated carbocycles. The minimum Gasteiger partial charge on any atom is -0.386 e. The molecule has 1 aromatic carbocycles. The first-order valence-corrected chi connectivity index (χ1v) is 11.6. The van der Waals surface area contributed by atoms with Crippen LogP contribution in [0, 0.1) is 0 Å². The van der Waals surface area contributed by atoms with Crippen LogP contribution >= 0.6 is 0 Å². The summed E-state index contributed by atoms with van der Waals surface area (Å²) < 4.78 is 13.3. The summed E-state index contributed by atoms with van der Waals surface area (Å²) >= 11 is 0. The number of fused-ring (bicyclic) bond motifs is 4. The molecule has 3 aromatic rings. The summed E-state index contributed by atoms with van der Waals surface area (Å²) in [4.78, 5) is 24.5. The Balaban J connectivity index is 1.42. The standard InChI is InChI=1S/C24H29N7O3/c1-24(33-3)11-30(12-24)16-7-14-6-15(8-16)27-20-9-18(25-2)21-22(29-20)31(13-26-21)23(32)28-17-4-5-19(17)34-10-14/h6-9,13,17,19H,4-5,10-12H2,1-3H3,(H,28,32)(H2,25,27,29)/t17-,19-/m1/s1. The number of imidazole rings is 1. The molecule has 34 heavy (non-hydrogen) atoms. The van der Waals surface area contributed by atoms with Crippen molar-refractivity contribution in [1.82, 2.24) is 19.9 Å². The molecule has 0 spiro atoms. The topological polar surface area (TPSA) is 106 Å². The number of carbonyl (C=O) groups is 1. The van der Waals surface area contributed by atoms with Gasteiger partial charge >= 0.3 is 6.03 Å². The van der Waals surface area contributed by atoms with Gasteiger partial charge in [-0.25, -0.2) is 19.3 Å². The minimum absolute atomic E-state index is 0.0149. The molecule has 4 bridgehead atoms. The van der Waals surface area contributed by atoms with Crippen molar-refractivity contribution in [2.75, 3.05) is 42.8 Å². The molecule has 3 N–H and O–H groups in total. The Morgan fingerprint density at radius 2 is 2.09 bits per heavy atom. The van der Waals surface area contributed by atoms with Gasteiger partial charge in [0.15, 0.2) is 5.65 Å². The first kappa shape index (κ1) is 21.2. The lowest BCUT2D eigenvalue weighted by molar-refractivity contribution is -0.0323. The zero-order valence-corrected chi connectivity index (χ0v) is 19.6. The van der Waals surface area contributed by atoms with Crippen LogP contribution in [0.4, 0.5) is 27.7 Å². The predicted molar refractivity (Wildman–Crippen MR) is 130 cm³/mol. The molecule has 6 rings (SSSR count). The summed E-state index contributed by atoms with van der Waals surface area (Å²) in [5, 5.41) is 9.70. The number of rotatable bonds is 3. The number of anilines is 4. The van der Waals surface area contributed by atoms with E-state index in [1.807, 2.05) is 13.1 Å². The van der Waals surface area contributed by atoms with E-state index in [1.165, 1.54) is 10.9 Å². The van der Waals surface area contributed by atoms with Gasteiger partial charge in [0.25, 0.3) is 0 Å². The molecule has 4 heterocycles. The average Bonchev–Trinajstić information content (AvgIpc) is 3.22. The molecule has 2 aromatic heterocycles. The van der Waals surface area contributed by atoms with E-state index in [2.05, 4.69) is 51.0 Å². The Bertz CT molecular complexity index is 1270. The highest BCUT2D eigenvalue weighted by atomic mass is 16.5. The summed E-state index contributed by atoms with van der Waals surface area (Å²) in [6, 6.07) is 8.01. The van der Waals surface area contributed by atoms with Crippen LogP contribution in [0.25, 0.3) is 11.2 Å². The van der Waals surface area contributed by atoms with Gasteiger partial charge in [0.2, 0.25) is 0 Å². The number of nitrogens with one attached hydrogen (secondary N) is 3. The maximum Gasteiger partial charge on any atom is 0.328 e. The summed E-state index contributed by atoms with van der Waals surface area (Å²) in [5.41, 5.74) is 4.91. The van der Waals surface area contributed by atoms with Crippen molar-refractivity contribution < 1.29 is 14.3 Å². The second-order valence-corrected chi connectivity index (χ2v) is 9.60.